The number of para-hydroxylation sites is 1. The van der Waals surface area contributed by atoms with Crippen LogP contribution in [0.2, 0.25) is 0 Å². The Morgan fingerprint density at radius 3 is 2.49 bits per heavy atom. The fourth-order valence-electron chi connectivity index (χ4n) is 3.81. The number of esters is 1. The number of carbonyl (C=O) groups excluding carboxylic acids is 1. The van der Waals surface area contributed by atoms with E-state index in [2.05, 4.69) is 20.0 Å². The number of imidazole rings is 1. The number of nitrogen functional groups attached to an aromatic ring is 1. The maximum absolute atomic E-state index is 16.3. The summed E-state index contributed by atoms with van der Waals surface area (Å²) >= 11 is 0. The summed E-state index contributed by atoms with van der Waals surface area (Å²) in [5.74, 6) is -2.83. The van der Waals surface area contributed by atoms with Crippen molar-refractivity contribution in [2.45, 2.75) is 57.8 Å². The van der Waals surface area contributed by atoms with Crippen molar-refractivity contribution in [3.63, 3.8) is 0 Å². The number of aromatic nitrogens is 4. The summed E-state index contributed by atoms with van der Waals surface area (Å²) in [7, 11) is 0.357. The molecule has 0 saturated heterocycles. The molecule has 5 atom stereocenters. The topological polar surface area (TPSA) is 176 Å². The lowest BCUT2D eigenvalue weighted by Crippen LogP contribution is -2.48. The second-order valence-electron chi connectivity index (χ2n) is 9.86. The average Bonchev–Trinajstić information content (AvgIpc) is 3.33. The van der Waals surface area contributed by atoms with Gasteiger partial charge in [0.1, 0.15) is 24.0 Å². The summed E-state index contributed by atoms with van der Waals surface area (Å²) in [6.45, 7) is 5.26. The molecular formula is C25H37FN7O7P. The van der Waals surface area contributed by atoms with Crippen LogP contribution in [0, 0.1) is 0 Å². The molecule has 14 nitrogen and oxygen atoms in total. The number of hydrogen-bond donors (Lipinski definition) is 3. The van der Waals surface area contributed by atoms with E-state index in [-0.39, 0.29) is 22.9 Å². The molecule has 0 aliphatic carbocycles. The van der Waals surface area contributed by atoms with E-state index in [4.69, 9.17) is 24.3 Å². The highest BCUT2D eigenvalue weighted by Crippen LogP contribution is 2.45. The molecule has 2 heterocycles. The Labute approximate surface area is 237 Å². The van der Waals surface area contributed by atoms with Crippen LogP contribution in [-0.4, -0.2) is 82.8 Å². The van der Waals surface area contributed by atoms with E-state index in [1.54, 1.807) is 51.0 Å². The Morgan fingerprint density at radius 1 is 1.24 bits per heavy atom. The van der Waals surface area contributed by atoms with E-state index in [1.165, 1.54) is 26.2 Å². The van der Waals surface area contributed by atoms with E-state index in [0.717, 1.165) is 17.8 Å². The fourth-order valence-corrected chi connectivity index (χ4v) is 5.31. The van der Waals surface area contributed by atoms with Crippen molar-refractivity contribution in [1.29, 1.82) is 0 Å². The number of nitrogens with one attached hydrogen (secondary N) is 1. The van der Waals surface area contributed by atoms with Crippen LogP contribution >= 0.6 is 7.75 Å². The molecule has 0 bridgehead atoms. The number of anilines is 2. The zero-order chi connectivity index (χ0) is 30.5. The molecule has 0 aliphatic rings. The molecule has 0 saturated carbocycles. The van der Waals surface area contributed by atoms with Crippen molar-refractivity contribution in [1.82, 2.24) is 24.6 Å². The predicted molar refractivity (Wildman–Crippen MR) is 150 cm³/mol. The maximum Gasteiger partial charge on any atom is 0.459 e. The molecule has 3 aromatic rings. The number of fused-ring (bicyclic) bond motifs is 1. The lowest BCUT2D eigenvalue weighted by molar-refractivity contribution is -0.149. The van der Waals surface area contributed by atoms with Gasteiger partial charge in [0.25, 0.3) is 0 Å². The summed E-state index contributed by atoms with van der Waals surface area (Å²) in [5, 5.41) is 13.7. The first-order valence-electron chi connectivity index (χ1n) is 12.7. The number of halogens is 1. The summed E-state index contributed by atoms with van der Waals surface area (Å²) in [5.41, 5.74) is 6.14. The van der Waals surface area contributed by atoms with Crippen LogP contribution in [0.1, 0.15) is 27.7 Å². The fraction of sp³-hybridized carbons (Fsp3) is 0.520. The van der Waals surface area contributed by atoms with Gasteiger partial charge < -0.3 is 29.7 Å². The SMILES string of the molecule is COC(COP(=O)(N[C@@H](C)C(=O)OC(C)C)Oc1ccccc1)[C@@H](O)[C@@](C)(F)n1cnc2c(N(C)C)nc(N)nc21. The number of carbonyl (C=O) groups is 1. The third-order valence-corrected chi connectivity index (χ3v) is 7.56. The molecule has 16 heteroatoms. The molecule has 4 N–H and O–H groups in total. The van der Waals surface area contributed by atoms with Crippen LogP contribution in [0.5, 0.6) is 5.75 Å². The minimum absolute atomic E-state index is 0.0401. The van der Waals surface area contributed by atoms with Gasteiger partial charge in [0.05, 0.1) is 19.0 Å². The molecule has 0 amide bonds. The average molecular weight is 598 g/mol. The maximum atomic E-state index is 16.3. The molecular weight excluding hydrogens is 560 g/mol. The highest BCUT2D eigenvalue weighted by atomic mass is 31.2. The number of hydrogen-bond acceptors (Lipinski definition) is 12. The zero-order valence-corrected chi connectivity index (χ0v) is 24.9. The first-order chi connectivity index (χ1) is 19.2. The molecule has 3 rings (SSSR count). The third kappa shape index (κ3) is 7.68. The van der Waals surface area contributed by atoms with Crippen molar-refractivity contribution in [3.8, 4) is 5.75 Å². The van der Waals surface area contributed by atoms with Crippen molar-refractivity contribution in [2.24, 2.45) is 0 Å². The summed E-state index contributed by atoms with van der Waals surface area (Å²) < 4.78 is 52.8. The molecule has 2 unspecified atom stereocenters. The lowest BCUT2D eigenvalue weighted by Gasteiger charge is -2.33. The van der Waals surface area contributed by atoms with Crippen LogP contribution < -0.4 is 20.2 Å². The largest absolute Gasteiger partial charge is 0.462 e. The first kappa shape index (κ1) is 32.2. The van der Waals surface area contributed by atoms with Crippen LogP contribution in [0.4, 0.5) is 16.2 Å². The smallest absolute Gasteiger partial charge is 0.459 e. The van der Waals surface area contributed by atoms with E-state index in [9.17, 15) is 14.5 Å². The van der Waals surface area contributed by atoms with Gasteiger partial charge in [-0.1, -0.05) is 18.2 Å². The summed E-state index contributed by atoms with van der Waals surface area (Å²) in [6.07, 6.45) is -2.51. The van der Waals surface area contributed by atoms with Gasteiger partial charge in [0.2, 0.25) is 11.7 Å². The molecule has 2 aromatic heterocycles. The number of nitrogens with zero attached hydrogens (tertiary/aromatic N) is 5. The third-order valence-electron chi connectivity index (χ3n) is 5.92. The van der Waals surface area contributed by atoms with Crippen molar-refractivity contribution in [3.05, 3.63) is 36.7 Å². The number of aliphatic hydroxyl groups is 1. The lowest BCUT2D eigenvalue weighted by atomic mass is 10.0. The Morgan fingerprint density at radius 2 is 1.90 bits per heavy atom. The molecule has 0 spiro atoms. The number of methoxy groups -OCH3 is 1. The zero-order valence-electron chi connectivity index (χ0n) is 24.0. The van der Waals surface area contributed by atoms with Crippen molar-refractivity contribution < 1.29 is 37.4 Å². The van der Waals surface area contributed by atoms with Gasteiger partial charge in [-0.3, -0.25) is 13.9 Å². The first-order valence-corrected chi connectivity index (χ1v) is 14.3. The Bertz CT molecular complexity index is 1370. The van der Waals surface area contributed by atoms with Gasteiger partial charge in [-0.15, -0.1) is 0 Å². The normalized spacial score (nSPS) is 16.9. The summed E-state index contributed by atoms with van der Waals surface area (Å²) in [4.78, 5) is 26.5. The number of rotatable bonds is 14. The van der Waals surface area contributed by atoms with E-state index in [0.29, 0.717) is 5.82 Å². The minimum Gasteiger partial charge on any atom is -0.462 e. The van der Waals surface area contributed by atoms with Gasteiger partial charge in [-0.2, -0.15) is 15.1 Å². The molecule has 226 valence electrons. The number of aliphatic hydroxyl groups excluding tert-OH is 1. The van der Waals surface area contributed by atoms with Crippen LogP contribution in [0.25, 0.3) is 11.2 Å². The molecule has 0 fully saturated rings. The highest BCUT2D eigenvalue weighted by molar-refractivity contribution is 7.52. The van der Waals surface area contributed by atoms with Gasteiger partial charge >= 0.3 is 13.7 Å². The Hall–Kier alpha value is -3.36. The monoisotopic (exact) mass is 597 g/mol. The minimum atomic E-state index is -4.30. The Kier molecular flexibility index (Phi) is 10.3. The standard InChI is InChI=1S/C25H37FN7O7P/c1-15(2)39-23(35)16(3)31-41(36,40-17-11-9-8-10-12-17)38-13-18(37-7)20(34)25(4,26)33-14-28-19-21(32(5)6)29-24(27)30-22(19)33/h8-12,14-16,18,20,34H,13H2,1-7H3,(H,31,36)(H2,27,29,30)/t16-,18?,20+,25-,41?/m0/s1. The van der Waals surface area contributed by atoms with E-state index in [1.807, 2.05) is 0 Å². The molecule has 41 heavy (non-hydrogen) atoms. The molecule has 0 radical (unpaired) electrons. The van der Waals surface area contributed by atoms with E-state index >= 15 is 4.39 Å². The van der Waals surface area contributed by atoms with Gasteiger partial charge in [0.15, 0.2) is 17.0 Å². The van der Waals surface area contributed by atoms with Crippen LogP contribution in [0.15, 0.2) is 36.7 Å². The van der Waals surface area contributed by atoms with Crippen LogP contribution in [0.3, 0.4) is 0 Å². The summed E-state index contributed by atoms with van der Waals surface area (Å²) in [6, 6.07) is 7.01. The second-order valence-corrected chi connectivity index (χ2v) is 11.6. The molecule has 0 aliphatic heterocycles. The van der Waals surface area contributed by atoms with Gasteiger partial charge in [-0.25, -0.2) is 13.9 Å². The second kappa shape index (κ2) is 13.1. The van der Waals surface area contributed by atoms with Gasteiger partial charge in [0, 0.05) is 21.2 Å². The number of alkyl halides is 1. The van der Waals surface area contributed by atoms with Crippen LogP contribution in [-0.2, 0) is 29.1 Å². The van der Waals surface area contributed by atoms with Gasteiger partial charge in [-0.05, 0) is 39.8 Å². The Balaban J connectivity index is 1.86. The van der Waals surface area contributed by atoms with Crippen molar-refractivity contribution in [2.75, 3.05) is 38.4 Å². The predicted octanol–water partition coefficient (Wildman–Crippen LogP) is 2.63. The van der Waals surface area contributed by atoms with E-state index < -0.39 is 50.5 Å². The number of ether oxygens (including phenoxy) is 2. The highest BCUT2D eigenvalue weighted by Gasteiger charge is 2.44. The number of nitrogens with two attached hydrogens (primary N) is 1. The quantitative estimate of drug-likeness (QED) is 0.183. The molecule has 1 aromatic carbocycles. The van der Waals surface area contributed by atoms with Crippen molar-refractivity contribution >= 4 is 36.6 Å². The number of benzene rings is 1.